The van der Waals surface area contributed by atoms with Crippen LogP contribution in [0.25, 0.3) is 11.0 Å². The molecule has 2 aromatic carbocycles. The van der Waals surface area contributed by atoms with Crippen LogP contribution in [0.4, 0.5) is 0 Å². The molecule has 176 valence electrons. The predicted molar refractivity (Wildman–Crippen MR) is 127 cm³/mol. The number of carbonyl (C=O) groups excluding carboxylic acids is 2. The summed E-state index contributed by atoms with van der Waals surface area (Å²) in [5.41, 5.74) is 1.13. The van der Waals surface area contributed by atoms with Gasteiger partial charge in [-0.25, -0.2) is 0 Å². The summed E-state index contributed by atoms with van der Waals surface area (Å²) in [4.78, 5) is 28.6. The quantitative estimate of drug-likeness (QED) is 0.459. The molecule has 1 aromatic heterocycles. The molecule has 2 aliphatic rings. The van der Waals surface area contributed by atoms with Gasteiger partial charge in [-0.3, -0.25) is 9.59 Å². The van der Waals surface area contributed by atoms with E-state index in [4.69, 9.17) is 25.5 Å². The van der Waals surface area contributed by atoms with Crippen molar-refractivity contribution in [3.8, 4) is 11.5 Å². The second kappa shape index (κ2) is 8.72. The van der Waals surface area contributed by atoms with Gasteiger partial charge < -0.3 is 23.9 Å². The highest BCUT2D eigenvalue weighted by Gasteiger charge is 2.47. The number of hydrogen-bond donors (Lipinski definition) is 1. The monoisotopic (exact) mass is 481 g/mol. The summed E-state index contributed by atoms with van der Waals surface area (Å²) in [5.74, 6) is -0.609. The lowest BCUT2D eigenvalue weighted by Crippen LogP contribution is -2.38. The summed E-state index contributed by atoms with van der Waals surface area (Å²) in [7, 11) is 3.06. The second-order valence-corrected chi connectivity index (χ2v) is 8.99. The molecule has 0 radical (unpaired) electrons. The van der Waals surface area contributed by atoms with E-state index in [9.17, 15) is 14.7 Å². The lowest BCUT2D eigenvalue weighted by molar-refractivity contribution is -0.131. The van der Waals surface area contributed by atoms with E-state index in [0.29, 0.717) is 33.1 Å². The number of ether oxygens (including phenoxy) is 2. The Morgan fingerprint density at radius 3 is 2.50 bits per heavy atom. The lowest BCUT2D eigenvalue weighted by atomic mass is 9.93. The van der Waals surface area contributed by atoms with Gasteiger partial charge in [0.15, 0.2) is 23.0 Å². The Kier molecular flexibility index (Phi) is 5.73. The van der Waals surface area contributed by atoms with E-state index in [1.165, 1.54) is 14.2 Å². The van der Waals surface area contributed by atoms with E-state index in [-0.39, 0.29) is 17.4 Å². The molecule has 1 amide bonds. The Hall–Kier alpha value is -3.45. The number of ketones is 1. The molecular formula is C26H24ClNO6. The van der Waals surface area contributed by atoms with Crippen LogP contribution >= 0.6 is 11.6 Å². The molecule has 1 unspecified atom stereocenters. The minimum Gasteiger partial charge on any atom is -0.503 e. The third-order valence-corrected chi connectivity index (χ3v) is 6.87. The molecule has 1 N–H and O–H groups in total. The van der Waals surface area contributed by atoms with Gasteiger partial charge in [-0.2, -0.15) is 0 Å². The number of carbonyl (C=O) groups is 2. The van der Waals surface area contributed by atoms with Gasteiger partial charge in [0, 0.05) is 16.5 Å². The minimum atomic E-state index is -0.778. The van der Waals surface area contributed by atoms with Crippen LogP contribution in [0.5, 0.6) is 11.5 Å². The van der Waals surface area contributed by atoms with Crippen LogP contribution < -0.4 is 9.47 Å². The Balaban J connectivity index is 1.63. The molecule has 1 aliphatic carbocycles. The van der Waals surface area contributed by atoms with Crippen LogP contribution in [-0.2, 0) is 4.79 Å². The fourth-order valence-electron chi connectivity index (χ4n) is 5.02. The standard InChI is InChI=1S/C26H24ClNO6/c1-32-19-9-7-14(12-20(19)33-2)23-22(25(30)26(31)28(23)17-5-3-4-6-17)24(29)21-13-15-11-16(27)8-10-18(15)34-21/h7-13,17,23,30H,3-6H2,1-2H3. The normalized spacial score (nSPS) is 18.9. The maximum absolute atomic E-state index is 13.7. The second-order valence-electron chi connectivity index (χ2n) is 8.55. The van der Waals surface area contributed by atoms with Crippen LogP contribution in [0.3, 0.4) is 0 Å². The highest BCUT2D eigenvalue weighted by molar-refractivity contribution is 6.31. The molecule has 8 heteroatoms. The van der Waals surface area contributed by atoms with E-state index in [2.05, 4.69) is 0 Å². The Bertz CT molecular complexity index is 1320. The maximum atomic E-state index is 13.7. The lowest BCUT2D eigenvalue weighted by Gasteiger charge is -2.32. The van der Waals surface area contributed by atoms with Crippen molar-refractivity contribution in [1.29, 1.82) is 0 Å². The number of hydrogen-bond acceptors (Lipinski definition) is 6. The number of halogens is 1. The van der Waals surface area contributed by atoms with Gasteiger partial charge in [-0.15, -0.1) is 0 Å². The number of benzene rings is 2. The molecule has 1 fully saturated rings. The number of furan rings is 1. The van der Waals surface area contributed by atoms with Gasteiger partial charge in [0.05, 0.1) is 25.8 Å². The average molecular weight is 482 g/mol. The third-order valence-electron chi connectivity index (χ3n) is 6.63. The van der Waals surface area contributed by atoms with Crippen LogP contribution in [0.2, 0.25) is 5.02 Å². The summed E-state index contributed by atoms with van der Waals surface area (Å²) < 4.78 is 16.6. The zero-order valence-corrected chi connectivity index (χ0v) is 19.6. The molecule has 1 atom stereocenters. The van der Waals surface area contributed by atoms with Crippen molar-refractivity contribution in [1.82, 2.24) is 4.90 Å². The topological polar surface area (TPSA) is 89.2 Å². The molecule has 7 nitrogen and oxygen atoms in total. The summed E-state index contributed by atoms with van der Waals surface area (Å²) >= 11 is 6.08. The van der Waals surface area contributed by atoms with Crippen molar-refractivity contribution >= 4 is 34.3 Å². The first kappa shape index (κ1) is 22.3. The highest BCUT2D eigenvalue weighted by Crippen LogP contribution is 2.45. The van der Waals surface area contributed by atoms with E-state index in [0.717, 1.165) is 25.7 Å². The van der Waals surface area contributed by atoms with Gasteiger partial charge in [0.2, 0.25) is 5.78 Å². The van der Waals surface area contributed by atoms with Gasteiger partial charge >= 0.3 is 0 Å². The fourth-order valence-corrected chi connectivity index (χ4v) is 5.20. The zero-order valence-electron chi connectivity index (χ0n) is 18.8. The summed E-state index contributed by atoms with van der Waals surface area (Å²) in [6, 6.07) is 11.0. The molecule has 2 heterocycles. The van der Waals surface area contributed by atoms with Gasteiger partial charge in [-0.1, -0.05) is 30.5 Å². The van der Waals surface area contributed by atoms with Crippen LogP contribution in [-0.4, -0.2) is 42.0 Å². The van der Waals surface area contributed by atoms with Crippen LogP contribution in [0, 0.1) is 0 Å². The summed E-state index contributed by atoms with van der Waals surface area (Å²) in [5, 5.41) is 12.1. The Labute approximate surface area is 201 Å². The molecule has 34 heavy (non-hydrogen) atoms. The SMILES string of the molecule is COc1ccc(C2C(C(=O)c3cc4cc(Cl)ccc4o3)=C(O)C(=O)N2C2CCCC2)cc1OC. The van der Waals surface area contributed by atoms with Crippen molar-refractivity contribution in [2.24, 2.45) is 0 Å². The molecule has 1 aliphatic heterocycles. The van der Waals surface area contributed by atoms with E-state index in [1.807, 2.05) is 0 Å². The first-order chi connectivity index (χ1) is 16.4. The van der Waals surface area contributed by atoms with Gasteiger partial charge in [0.25, 0.3) is 5.91 Å². The third kappa shape index (κ3) is 3.60. The molecule has 0 spiro atoms. The van der Waals surface area contributed by atoms with Crippen molar-refractivity contribution in [2.75, 3.05) is 14.2 Å². The number of methoxy groups -OCH3 is 2. The number of aliphatic hydroxyl groups is 1. The van der Waals surface area contributed by atoms with E-state index >= 15 is 0 Å². The van der Waals surface area contributed by atoms with Crippen LogP contribution in [0.15, 0.2) is 58.2 Å². The first-order valence-corrected chi connectivity index (χ1v) is 11.5. The van der Waals surface area contributed by atoms with E-state index in [1.54, 1.807) is 47.4 Å². The highest BCUT2D eigenvalue weighted by atomic mass is 35.5. The van der Waals surface area contributed by atoms with Crippen molar-refractivity contribution in [3.63, 3.8) is 0 Å². The first-order valence-electron chi connectivity index (χ1n) is 11.1. The Morgan fingerprint density at radius 1 is 1.06 bits per heavy atom. The number of amides is 1. The van der Waals surface area contributed by atoms with Crippen molar-refractivity contribution < 1.29 is 28.6 Å². The molecule has 0 saturated heterocycles. The molecule has 1 saturated carbocycles. The number of fused-ring (bicyclic) bond motifs is 1. The number of aliphatic hydroxyl groups excluding tert-OH is 1. The number of nitrogens with zero attached hydrogens (tertiary/aromatic N) is 1. The molecule has 3 aromatic rings. The number of rotatable bonds is 6. The molecule has 5 rings (SSSR count). The maximum Gasteiger partial charge on any atom is 0.290 e. The largest absolute Gasteiger partial charge is 0.503 e. The van der Waals surface area contributed by atoms with E-state index < -0.39 is 23.5 Å². The van der Waals surface area contributed by atoms with Crippen molar-refractivity contribution in [3.05, 3.63) is 70.1 Å². The minimum absolute atomic E-state index is 0.00530. The average Bonchev–Trinajstić information content (AvgIpc) is 3.57. The molecule has 0 bridgehead atoms. The summed E-state index contributed by atoms with van der Waals surface area (Å²) in [6.45, 7) is 0. The van der Waals surface area contributed by atoms with Gasteiger partial charge in [-0.05, 0) is 54.8 Å². The van der Waals surface area contributed by atoms with Crippen molar-refractivity contribution in [2.45, 2.75) is 37.8 Å². The number of Topliss-reactive ketones (excluding diaryl/α,β-unsaturated/α-hetero) is 1. The zero-order chi connectivity index (χ0) is 24.0. The predicted octanol–water partition coefficient (Wildman–Crippen LogP) is 5.62. The van der Waals surface area contributed by atoms with Gasteiger partial charge in [0.1, 0.15) is 5.58 Å². The molecular weight excluding hydrogens is 458 g/mol. The fraction of sp³-hybridized carbons (Fsp3) is 0.308. The summed E-state index contributed by atoms with van der Waals surface area (Å²) in [6.07, 6.45) is 3.60. The smallest absolute Gasteiger partial charge is 0.290 e. The van der Waals surface area contributed by atoms with Crippen LogP contribution in [0.1, 0.15) is 47.8 Å². The Morgan fingerprint density at radius 2 is 1.79 bits per heavy atom.